The molecule has 8 heteroatoms. The normalized spacial score (nSPS) is 16.1. The van der Waals surface area contributed by atoms with E-state index in [4.69, 9.17) is 0 Å². The van der Waals surface area contributed by atoms with E-state index >= 15 is 0 Å². The minimum Gasteiger partial charge on any atom is -0.317 e. The Kier molecular flexibility index (Phi) is 9.38. The third-order valence-corrected chi connectivity index (χ3v) is 3.25. The first-order valence-electron chi connectivity index (χ1n) is 7.38. The summed E-state index contributed by atoms with van der Waals surface area (Å²) < 4.78 is 75.4. The zero-order valence-corrected chi connectivity index (χ0v) is 13.3. The fraction of sp³-hybridized carbons (Fsp3) is 1.00. The van der Waals surface area contributed by atoms with Gasteiger partial charge in [0.05, 0.1) is 6.42 Å². The Morgan fingerprint density at radius 1 is 1.00 bits per heavy atom. The van der Waals surface area contributed by atoms with Crippen molar-refractivity contribution in [2.24, 2.45) is 5.92 Å². The molecular weight excluding hydrogens is 310 g/mol. The summed E-state index contributed by atoms with van der Waals surface area (Å²) in [6.07, 6.45) is -9.88. The van der Waals surface area contributed by atoms with Crippen LogP contribution < -0.4 is 5.32 Å². The van der Waals surface area contributed by atoms with Crippen LogP contribution in [0.5, 0.6) is 0 Å². The number of hydrogen-bond donors (Lipinski definition) is 1. The lowest BCUT2D eigenvalue weighted by Crippen LogP contribution is -2.33. The number of nitrogens with zero attached hydrogens (tertiary/aromatic N) is 1. The minimum atomic E-state index is -5.22. The van der Waals surface area contributed by atoms with Crippen molar-refractivity contribution in [3.05, 3.63) is 0 Å². The average molecular weight is 336 g/mol. The molecule has 2 nitrogen and oxygen atoms in total. The molecule has 0 aromatic carbocycles. The smallest absolute Gasteiger partial charge is 0.317 e. The molecule has 0 saturated heterocycles. The van der Waals surface area contributed by atoms with Gasteiger partial charge in [0, 0.05) is 6.42 Å². The Morgan fingerprint density at radius 3 is 2.09 bits per heavy atom. The molecule has 0 spiro atoms. The lowest BCUT2D eigenvalue weighted by Gasteiger charge is -2.23. The monoisotopic (exact) mass is 336 g/mol. The van der Waals surface area contributed by atoms with E-state index in [1.807, 2.05) is 19.0 Å². The molecule has 2 atom stereocenters. The van der Waals surface area contributed by atoms with E-state index in [2.05, 4.69) is 5.32 Å². The Balaban J connectivity index is 3.91. The lowest BCUT2D eigenvalue weighted by molar-refractivity contribution is -0.200. The maximum atomic E-state index is 13.4. The van der Waals surface area contributed by atoms with Crippen LogP contribution in [0.2, 0.25) is 0 Å². The van der Waals surface area contributed by atoms with Crippen molar-refractivity contribution in [2.45, 2.75) is 50.9 Å². The second-order valence-electron chi connectivity index (χ2n) is 6.07. The fourth-order valence-corrected chi connectivity index (χ4v) is 2.07. The highest BCUT2D eigenvalue weighted by atomic mass is 19.4. The third kappa shape index (κ3) is 11.1. The summed E-state index contributed by atoms with van der Waals surface area (Å²) in [5.41, 5.74) is 0. The Bertz CT molecular complexity index is 294. The van der Waals surface area contributed by atoms with E-state index in [1.165, 1.54) is 6.92 Å². The van der Waals surface area contributed by atoms with Gasteiger partial charge in [-0.3, -0.25) is 0 Å². The molecule has 0 aliphatic carbocycles. The third-order valence-electron chi connectivity index (χ3n) is 3.25. The second kappa shape index (κ2) is 9.60. The van der Waals surface area contributed by atoms with Crippen molar-refractivity contribution in [2.75, 3.05) is 33.7 Å². The van der Waals surface area contributed by atoms with E-state index < -0.39 is 37.0 Å². The van der Waals surface area contributed by atoms with Crippen molar-refractivity contribution in [1.29, 1.82) is 0 Å². The van der Waals surface area contributed by atoms with Crippen LogP contribution in [-0.2, 0) is 0 Å². The summed E-state index contributed by atoms with van der Waals surface area (Å²) in [6, 6.07) is 0. The van der Waals surface area contributed by atoms with Gasteiger partial charge in [-0.1, -0.05) is 6.92 Å². The van der Waals surface area contributed by atoms with Crippen molar-refractivity contribution in [3.8, 4) is 0 Å². The number of hydrogen-bond acceptors (Lipinski definition) is 2. The highest BCUT2D eigenvalue weighted by Crippen LogP contribution is 2.36. The van der Waals surface area contributed by atoms with Crippen LogP contribution >= 0.6 is 0 Å². The van der Waals surface area contributed by atoms with Gasteiger partial charge in [-0.2, -0.15) is 13.2 Å². The molecule has 0 aromatic rings. The first kappa shape index (κ1) is 21.5. The summed E-state index contributed by atoms with van der Waals surface area (Å²) in [5, 5.41) is 3.10. The maximum Gasteiger partial charge on any atom is 0.419 e. The van der Waals surface area contributed by atoms with Gasteiger partial charge in [0.1, 0.15) is 0 Å². The summed E-state index contributed by atoms with van der Waals surface area (Å²) in [5.74, 6) is -4.11. The van der Waals surface area contributed by atoms with Crippen molar-refractivity contribution in [3.63, 3.8) is 0 Å². The predicted molar refractivity (Wildman–Crippen MR) is 75.0 cm³/mol. The van der Waals surface area contributed by atoms with E-state index in [1.54, 1.807) is 0 Å². The number of rotatable bonds is 11. The summed E-state index contributed by atoms with van der Waals surface area (Å²) in [7, 11) is 3.90. The molecule has 0 heterocycles. The Labute approximate surface area is 128 Å². The summed E-state index contributed by atoms with van der Waals surface area (Å²) in [4.78, 5) is 2.03. The first-order chi connectivity index (χ1) is 9.94. The molecule has 0 fully saturated rings. The van der Waals surface area contributed by atoms with Gasteiger partial charge in [-0.15, -0.1) is 0 Å². The van der Waals surface area contributed by atoms with Crippen molar-refractivity contribution < 1.29 is 26.3 Å². The number of halogens is 6. The zero-order chi connectivity index (χ0) is 17.4. The zero-order valence-electron chi connectivity index (χ0n) is 13.3. The molecule has 1 N–H and O–H groups in total. The van der Waals surface area contributed by atoms with Gasteiger partial charge >= 0.3 is 6.18 Å². The summed E-state index contributed by atoms with van der Waals surface area (Å²) >= 11 is 0. The van der Waals surface area contributed by atoms with Crippen LogP contribution in [0.1, 0.15) is 32.6 Å². The number of nitrogens with one attached hydrogen (secondary N) is 1. The maximum absolute atomic E-state index is 13.4. The van der Waals surface area contributed by atoms with Crippen LogP contribution in [0.3, 0.4) is 0 Å². The molecule has 0 aliphatic rings. The first-order valence-corrected chi connectivity index (χ1v) is 7.38. The Morgan fingerprint density at radius 2 is 1.59 bits per heavy atom. The van der Waals surface area contributed by atoms with Gasteiger partial charge in [0.25, 0.3) is 5.92 Å². The largest absolute Gasteiger partial charge is 0.419 e. The molecule has 0 aromatic heterocycles. The topological polar surface area (TPSA) is 15.3 Å². The standard InChI is InChI=1S/C14H26F6N2/c1-11(5-7-21-6-4-8-22(2)3)9-13(16,17)10-12(15)14(18,19)20/h11-12,21H,4-10H2,1-3H3. The van der Waals surface area contributed by atoms with Crippen molar-refractivity contribution in [1.82, 2.24) is 10.2 Å². The van der Waals surface area contributed by atoms with Gasteiger partial charge in [-0.05, 0) is 52.5 Å². The van der Waals surface area contributed by atoms with Crippen LogP contribution in [0.25, 0.3) is 0 Å². The van der Waals surface area contributed by atoms with E-state index in [0.29, 0.717) is 13.0 Å². The molecule has 0 rings (SSSR count). The van der Waals surface area contributed by atoms with E-state index in [-0.39, 0.29) is 0 Å². The van der Waals surface area contributed by atoms with Crippen LogP contribution in [0, 0.1) is 5.92 Å². The number of alkyl halides is 6. The molecule has 2 unspecified atom stereocenters. The highest BCUT2D eigenvalue weighted by molar-refractivity contribution is 4.78. The molecule has 0 radical (unpaired) electrons. The van der Waals surface area contributed by atoms with Crippen LogP contribution in [-0.4, -0.2) is 56.9 Å². The molecule has 0 amide bonds. The van der Waals surface area contributed by atoms with Gasteiger partial charge < -0.3 is 10.2 Å². The minimum absolute atomic E-state index is 0.417. The predicted octanol–water partition coefficient (Wildman–Crippen LogP) is 3.87. The fourth-order valence-electron chi connectivity index (χ4n) is 2.07. The van der Waals surface area contributed by atoms with Crippen LogP contribution in [0.4, 0.5) is 26.3 Å². The van der Waals surface area contributed by atoms with E-state index in [0.717, 1.165) is 19.5 Å². The average Bonchev–Trinajstić information content (AvgIpc) is 2.30. The molecular formula is C14H26F6N2. The molecule has 134 valence electrons. The van der Waals surface area contributed by atoms with Gasteiger partial charge in [-0.25, -0.2) is 13.2 Å². The van der Waals surface area contributed by atoms with Gasteiger partial charge in [0.15, 0.2) is 0 Å². The quantitative estimate of drug-likeness (QED) is 0.455. The lowest BCUT2D eigenvalue weighted by atomic mass is 9.96. The van der Waals surface area contributed by atoms with Crippen molar-refractivity contribution >= 4 is 0 Å². The molecule has 0 aliphatic heterocycles. The molecule has 0 bridgehead atoms. The Hall–Kier alpha value is -0.500. The van der Waals surface area contributed by atoms with Crippen LogP contribution in [0.15, 0.2) is 0 Å². The highest BCUT2D eigenvalue weighted by Gasteiger charge is 2.47. The van der Waals surface area contributed by atoms with E-state index in [9.17, 15) is 26.3 Å². The molecule has 22 heavy (non-hydrogen) atoms. The second-order valence-corrected chi connectivity index (χ2v) is 6.07. The summed E-state index contributed by atoms with van der Waals surface area (Å²) in [6.45, 7) is 3.72. The van der Waals surface area contributed by atoms with Gasteiger partial charge in [0.2, 0.25) is 6.17 Å². The molecule has 0 saturated carbocycles. The SMILES string of the molecule is CC(CCNCCCN(C)C)CC(F)(F)CC(F)C(F)(F)F.